The Balaban J connectivity index is 3.68. The molecule has 0 bridgehead atoms. The summed E-state index contributed by atoms with van der Waals surface area (Å²) in [6.45, 7) is 7.79. The summed E-state index contributed by atoms with van der Waals surface area (Å²) < 4.78 is 0. The zero-order valence-corrected chi connectivity index (χ0v) is 6.22. The van der Waals surface area contributed by atoms with Crippen LogP contribution in [0.15, 0.2) is 36.5 Å². The van der Waals surface area contributed by atoms with Gasteiger partial charge in [0.05, 0.1) is 0 Å². The molecular formula is C9H14. The molecule has 0 aromatic rings. The minimum atomic E-state index is 1.10. The topological polar surface area (TPSA) is 0 Å². The van der Waals surface area contributed by atoms with Gasteiger partial charge in [-0.2, -0.15) is 0 Å². The fraction of sp³-hybridized carbons (Fsp3) is 0.333. The summed E-state index contributed by atoms with van der Waals surface area (Å²) in [5.41, 5.74) is 1.21. The van der Waals surface area contributed by atoms with Crippen LogP contribution in [0.25, 0.3) is 0 Å². The lowest BCUT2D eigenvalue weighted by Gasteiger charge is -1.82. The largest absolute Gasteiger partial charge is 0.0988 e. The molecule has 0 spiro atoms. The molecule has 0 saturated heterocycles. The van der Waals surface area contributed by atoms with Gasteiger partial charge in [0.2, 0.25) is 0 Å². The Bertz CT molecular complexity index is 127. The predicted molar refractivity (Wildman–Crippen MR) is 43.4 cm³/mol. The minimum absolute atomic E-state index is 1.10. The van der Waals surface area contributed by atoms with Gasteiger partial charge in [-0.25, -0.2) is 0 Å². The summed E-state index contributed by atoms with van der Waals surface area (Å²) in [5.74, 6) is 0. The van der Waals surface area contributed by atoms with Crippen LogP contribution in [0.5, 0.6) is 0 Å². The molecule has 0 aromatic carbocycles. The van der Waals surface area contributed by atoms with Crippen molar-refractivity contribution < 1.29 is 0 Å². The molecule has 0 saturated carbocycles. The lowest BCUT2D eigenvalue weighted by molar-refractivity contribution is 1.22. The minimum Gasteiger partial charge on any atom is -0.0988 e. The zero-order chi connectivity index (χ0) is 7.11. The van der Waals surface area contributed by atoms with Gasteiger partial charge in [0.15, 0.2) is 0 Å². The lowest BCUT2D eigenvalue weighted by Crippen LogP contribution is -1.61. The Labute approximate surface area is 57.6 Å². The summed E-state index contributed by atoms with van der Waals surface area (Å²) in [7, 11) is 0. The van der Waals surface area contributed by atoms with Crippen molar-refractivity contribution in [2.24, 2.45) is 0 Å². The van der Waals surface area contributed by atoms with Crippen molar-refractivity contribution in [3.05, 3.63) is 36.5 Å². The van der Waals surface area contributed by atoms with E-state index >= 15 is 0 Å². The van der Waals surface area contributed by atoms with E-state index in [9.17, 15) is 0 Å². The summed E-state index contributed by atoms with van der Waals surface area (Å²) in [5, 5.41) is 0. The predicted octanol–water partition coefficient (Wildman–Crippen LogP) is 3.08. The van der Waals surface area contributed by atoms with E-state index in [0.29, 0.717) is 0 Å². The van der Waals surface area contributed by atoms with Crippen molar-refractivity contribution >= 4 is 0 Å². The highest BCUT2D eigenvalue weighted by atomic mass is 13.8. The van der Waals surface area contributed by atoms with Crippen LogP contribution in [0.2, 0.25) is 0 Å². The Morgan fingerprint density at radius 2 is 2.22 bits per heavy atom. The van der Waals surface area contributed by atoms with Gasteiger partial charge in [-0.15, -0.1) is 0 Å². The van der Waals surface area contributed by atoms with Crippen LogP contribution < -0.4 is 0 Å². The molecule has 0 N–H and O–H groups in total. The van der Waals surface area contributed by atoms with E-state index in [1.165, 1.54) is 5.57 Å². The van der Waals surface area contributed by atoms with Crippen LogP contribution in [0, 0.1) is 0 Å². The molecular weight excluding hydrogens is 108 g/mol. The van der Waals surface area contributed by atoms with Crippen LogP contribution >= 0.6 is 0 Å². The average molecular weight is 122 g/mol. The number of allylic oxidation sites excluding steroid dienone is 5. The smallest absolute Gasteiger partial charge is 0.0376 e. The second-order valence-corrected chi connectivity index (χ2v) is 1.95. The van der Waals surface area contributed by atoms with Crippen LogP contribution in [-0.4, -0.2) is 0 Å². The first-order chi connectivity index (χ1) is 4.31. The third kappa shape index (κ3) is 5.09. The van der Waals surface area contributed by atoms with Crippen molar-refractivity contribution in [3.63, 3.8) is 0 Å². The number of hydrogen-bond donors (Lipinski definition) is 0. The van der Waals surface area contributed by atoms with Crippen LogP contribution in [0.1, 0.15) is 20.3 Å². The van der Waals surface area contributed by atoms with Gasteiger partial charge < -0.3 is 0 Å². The normalized spacial score (nSPS) is 12.4. The monoisotopic (exact) mass is 122 g/mol. The first-order valence-electron chi connectivity index (χ1n) is 3.27. The highest BCUT2D eigenvalue weighted by molar-refractivity contribution is 5.19. The van der Waals surface area contributed by atoms with Crippen molar-refractivity contribution in [3.8, 4) is 0 Å². The molecule has 0 heteroatoms. The second-order valence-electron chi connectivity index (χ2n) is 1.95. The van der Waals surface area contributed by atoms with Gasteiger partial charge in [-0.05, 0) is 13.3 Å². The zero-order valence-electron chi connectivity index (χ0n) is 6.22. The van der Waals surface area contributed by atoms with Crippen LogP contribution in [0.3, 0.4) is 0 Å². The van der Waals surface area contributed by atoms with E-state index < -0.39 is 0 Å². The first-order valence-corrected chi connectivity index (χ1v) is 3.27. The van der Waals surface area contributed by atoms with Gasteiger partial charge in [-0.3, -0.25) is 0 Å². The van der Waals surface area contributed by atoms with Gasteiger partial charge in [0.25, 0.3) is 0 Å². The van der Waals surface area contributed by atoms with E-state index in [0.717, 1.165) is 6.42 Å². The lowest BCUT2D eigenvalue weighted by atomic mass is 10.2. The molecule has 0 heterocycles. The van der Waals surface area contributed by atoms with Gasteiger partial charge in [-0.1, -0.05) is 43.4 Å². The Morgan fingerprint density at radius 3 is 2.67 bits per heavy atom. The molecule has 0 aromatic heterocycles. The number of hydrogen-bond acceptors (Lipinski definition) is 0. The van der Waals surface area contributed by atoms with Crippen LogP contribution in [-0.2, 0) is 0 Å². The SMILES string of the molecule is C=C/C(C)=C\C=C/CC. The quantitative estimate of drug-likeness (QED) is 0.504. The highest BCUT2D eigenvalue weighted by Crippen LogP contribution is 1.92. The van der Waals surface area contributed by atoms with Gasteiger partial charge in [0, 0.05) is 0 Å². The van der Waals surface area contributed by atoms with E-state index in [4.69, 9.17) is 0 Å². The maximum atomic E-state index is 3.64. The molecule has 9 heavy (non-hydrogen) atoms. The van der Waals surface area contributed by atoms with E-state index in [-0.39, 0.29) is 0 Å². The summed E-state index contributed by atoms with van der Waals surface area (Å²) in [6.07, 6.45) is 9.17. The maximum absolute atomic E-state index is 3.64. The molecule has 0 radical (unpaired) electrons. The van der Waals surface area contributed by atoms with Crippen molar-refractivity contribution in [2.75, 3.05) is 0 Å². The van der Waals surface area contributed by atoms with E-state index in [2.05, 4.69) is 31.7 Å². The molecule has 0 rings (SSSR count). The molecule has 0 unspecified atom stereocenters. The molecule has 0 aliphatic carbocycles. The Morgan fingerprint density at radius 1 is 1.56 bits per heavy atom. The molecule has 50 valence electrons. The van der Waals surface area contributed by atoms with Crippen LogP contribution in [0.4, 0.5) is 0 Å². The molecule has 0 nitrogen and oxygen atoms in total. The van der Waals surface area contributed by atoms with Crippen molar-refractivity contribution in [1.82, 2.24) is 0 Å². The second kappa shape index (κ2) is 5.36. The third-order valence-corrected chi connectivity index (χ3v) is 1.05. The van der Waals surface area contributed by atoms with E-state index in [1.807, 2.05) is 13.0 Å². The fourth-order valence-electron chi connectivity index (χ4n) is 0.424. The first kappa shape index (κ1) is 8.22. The number of rotatable bonds is 3. The molecule has 0 atom stereocenters. The van der Waals surface area contributed by atoms with Crippen molar-refractivity contribution in [1.29, 1.82) is 0 Å². The standard InChI is InChI=1S/C9H14/c1-4-6-7-8-9(3)5-2/h5-8H,2,4H2,1,3H3/b7-6-,9-8-. The fourth-order valence-corrected chi connectivity index (χ4v) is 0.424. The van der Waals surface area contributed by atoms with E-state index in [1.54, 1.807) is 0 Å². The van der Waals surface area contributed by atoms with Gasteiger partial charge in [0.1, 0.15) is 0 Å². The Hall–Kier alpha value is -0.780. The third-order valence-electron chi connectivity index (χ3n) is 1.05. The van der Waals surface area contributed by atoms with Gasteiger partial charge >= 0.3 is 0 Å². The molecule has 0 fully saturated rings. The molecule has 0 aliphatic heterocycles. The maximum Gasteiger partial charge on any atom is -0.0376 e. The highest BCUT2D eigenvalue weighted by Gasteiger charge is 1.71. The summed E-state index contributed by atoms with van der Waals surface area (Å²) in [4.78, 5) is 0. The summed E-state index contributed by atoms with van der Waals surface area (Å²) >= 11 is 0. The Kier molecular flexibility index (Phi) is 4.89. The molecule has 0 amide bonds. The average Bonchev–Trinajstić information content (AvgIpc) is 1.89. The summed E-state index contributed by atoms with van der Waals surface area (Å²) in [6, 6.07) is 0. The molecule has 0 aliphatic rings. The van der Waals surface area contributed by atoms with Crippen molar-refractivity contribution in [2.45, 2.75) is 20.3 Å².